The average molecular weight is 229 g/mol. The number of ether oxygens (including phenoxy) is 1. The van der Waals surface area contributed by atoms with Crippen LogP contribution >= 0.6 is 0 Å². The number of carbonyl (C=O) groups excluding carboxylic acids is 1. The van der Waals surface area contributed by atoms with Gasteiger partial charge in [-0.1, -0.05) is 6.92 Å². The van der Waals surface area contributed by atoms with E-state index in [4.69, 9.17) is 4.74 Å². The molecule has 16 heavy (non-hydrogen) atoms. The molecule has 1 aliphatic heterocycles. The first-order valence-electron chi connectivity index (χ1n) is 6.08. The molecule has 1 heterocycles. The Morgan fingerprint density at radius 1 is 1.56 bits per heavy atom. The molecular formula is C12H20FNO2. The fraction of sp³-hybridized carbons (Fsp3) is 0.917. The number of carbonyl (C=O) groups is 1. The van der Waals surface area contributed by atoms with Crippen LogP contribution in [0.3, 0.4) is 0 Å². The first-order chi connectivity index (χ1) is 7.63. The van der Waals surface area contributed by atoms with Crippen LogP contribution in [0.15, 0.2) is 0 Å². The minimum Gasteiger partial charge on any atom is -0.374 e. The fourth-order valence-corrected chi connectivity index (χ4v) is 2.08. The van der Waals surface area contributed by atoms with Crippen molar-refractivity contribution in [1.82, 2.24) is 4.90 Å². The van der Waals surface area contributed by atoms with Gasteiger partial charge >= 0.3 is 0 Å². The van der Waals surface area contributed by atoms with Crippen molar-refractivity contribution in [3.05, 3.63) is 0 Å². The van der Waals surface area contributed by atoms with E-state index in [2.05, 4.69) is 6.92 Å². The molecule has 0 aromatic heterocycles. The zero-order valence-corrected chi connectivity index (χ0v) is 9.88. The maximum atomic E-state index is 12.6. The lowest BCUT2D eigenvalue weighted by molar-refractivity contribution is -0.133. The molecule has 3 nitrogen and oxygen atoms in total. The molecule has 4 heteroatoms. The van der Waals surface area contributed by atoms with E-state index >= 15 is 0 Å². The lowest BCUT2D eigenvalue weighted by Crippen LogP contribution is -2.38. The molecule has 1 atom stereocenters. The van der Waals surface area contributed by atoms with Gasteiger partial charge in [-0.2, -0.15) is 0 Å². The molecule has 1 saturated heterocycles. The van der Waals surface area contributed by atoms with Gasteiger partial charge in [0.25, 0.3) is 0 Å². The van der Waals surface area contributed by atoms with Gasteiger partial charge in [0.2, 0.25) is 5.91 Å². The zero-order valence-electron chi connectivity index (χ0n) is 9.88. The Morgan fingerprint density at radius 2 is 2.31 bits per heavy atom. The second-order valence-electron chi connectivity index (χ2n) is 5.33. The number of alkyl halides is 1. The van der Waals surface area contributed by atoms with E-state index in [1.54, 1.807) is 4.90 Å². The molecule has 1 aliphatic carbocycles. The molecule has 2 rings (SSSR count). The molecule has 0 aromatic rings. The summed E-state index contributed by atoms with van der Waals surface area (Å²) in [5.41, 5.74) is 0.232. The monoisotopic (exact) mass is 229 g/mol. The number of halogens is 1. The number of hydrogen-bond donors (Lipinski definition) is 0. The van der Waals surface area contributed by atoms with E-state index in [0.717, 1.165) is 19.3 Å². The van der Waals surface area contributed by atoms with Gasteiger partial charge in [0.05, 0.1) is 0 Å². The Kier molecular flexibility index (Phi) is 3.47. The molecule has 2 fully saturated rings. The molecule has 92 valence electrons. The third-order valence-electron chi connectivity index (χ3n) is 3.56. The Morgan fingerprint density at radius 3 is 2.94 bits per heavy atom. The highest BCUT2D eigenvalue weighted by Gasteiger charge is 2.40. The molecule has 0 aromatic carbocycles. The minimum atomic E-state index is -0.499. The molecule has 0 N–H and O–H groups in total. The zero-order chi connectivity index (χ0) is 11.6. The number of amides is 1. The standard InChI is InChI=1S/C12H20FNO2/c1-12(3-4-12)7-11(15)14-5-2-6-16-10(8-13)9-14/h10H,2-9H2,1H3/t10-/m1/s1. The van der Waals surface area contributed by atoms with Crippen LogP contribution in [0.5, 0.6) is 0 Å². The lowest BCUT2D eigenvalue weighted by atomic mass is 10.0. The van der Waals surface area contributed by atoms with Crippen molar-refractivity contribution in [3.8, 4) is 0 Å². The first-order valence-corrected chi connectivity index (χ1v) is 6.08. The van der Waals surface area contributed by atoms with E-state index in [-0.39, 0.29) is 11.3 Å². The Balaban J connectivity index is 1.88. The van der Waals surface area contributed by atoms with Crippen molar-refractivity contribution in [2.24, 2.45) is 5.41 Å². The van der Waals surface area contributed by atoms with Crippen LogP contribution in [-0.2, 0) is 9.53 Å². The Bertz CT molecular complexity index is 266. The summed E-state index contributed by atoms with van der Waals surface area (Å²) in [6.07, 6.45) is 3.31. The Labute approximate surface area is 95.9 Å². The second-order valence-corrected chi connectivity index (χ2v) is 5.33. The van der Waals surface area contributed by atoms with Crippen LogP contribution in [-0.4, -0.2) is 43.3 Å². The highest BCUT2D eigenvalue weighted by atomic mass is 19.1. The van der Waals surface area contributed by atoms with E-state index in [1.165, 1.54) is 0 Å². The predicted octanol–water partition coefficient (Wildman–Crippen LogP) is 1.76. The van der Waals surface area contributed by atoms with Crippen LogP contribution in [0.25, 0.3) is 0 Å². The molecule has 0 spiro atoms. The normalized spacial score (nSPS) is 28.6. The quantitative estimate of drug-likeness (QED) is 0.738. The average Bonchev–Trinajstić information content (AvgIpc) is 3.01. The number of rotatable bonds is 3. The summed E-state index contributed by atoms with van der Waals surface area (Å²) in [6.45, 7) is 3.35. The smallest absolute Gasteiger partial charge is 0.223 e. The van der Waals surface area contributed by atoms with Crippen molar-refractivity contribution in [2.45, 2.75) is 38.7 Å². The van der Waals surface area contributed by atoms with Gasteiger partial charge in [0, 0.05) is 26.1 Å². The van der Waals surface area contributed by atoms with Crippen LogP contribution in [0, 0.1) is 5.41 Å². The maximum absolute atomic E-state index is 12.6. The van der Waals surface area contributed by atoms with Crippen molar-refractivity contribution < 1.29 is 13.9 Å². The predicted molar refractivity (Wildman–Crippen MR) is 58.9 cm³/mol. The van der Waals surface area contributed by atoms with E-state index in [0.29, 0.717) is 26.1 Å². The van der Waals surface area contributed by atoms with Crippen LogP contribution in [0.4, 0.5) is 4.39 Å². The highest BCUT2D eigenvalue weighted by Crippen LogP contribution is 2.48. The van der Waals surface area contributed by atoms with E-state index in [9.17, 15) is 9.18 Å². The van der Waals surface area contributed by atoms with E-state index in [1.807, 2.05) is 0 Å². The molecule has 1 saturated carbocycles. The summed E-state index contributed by atoms with van der Waals surface area (Å²) in [5, 5.41) is 0. The molecule has 1 amide bonds. The van der Waals surface area contributed by atoms with Gasteiger partial charge in [-0.3, -0.25) is 4.79 Å². The topological polar surface area (TPSA) is 29.5 Å². The summed E-state index contributed by atoms with van der Waals surface area (Å²) >= 11 is 0. The summed E-state index contributed by atoms with van der Waals surface area (Å²) in [5.74, 6) is 0.170. The number of hydrogen-bond acceptors (Lipinski definition) is 2. The summed E-state index contributed by atoms with van der Waals surface area (Å²) in [6, 6.07) is 0. The van der Waals surface area contributed by atoms with Crippen LogP contribution < -0.4 is 0 Å². The van der Waals surface area contributed by atoms with Gasteiger partial charge in [-0.25, -0.2) is 4.39 Å². The third kappa shape index (κ3) is 2.94. The van der Waals surface area contributed by atoms with Gasteiger partial charge < -0.3 is 9.64 Å². The molecule has 0 unspecified atom stereocenters. The molecule has 0 radical (unpaired) electrons. The summed E-state index contributed by atoms with van der Waals surface area (Å²) < 4.78 is 17.9. The van der Waals surface area contributed by atoms with E-state index < -0.39 is 12.8 Å². The second kappa shape index (κ2) is 4.70. The molecule has 0 bridgehead atoms. The van der Waals surface area contributed by atoms with Crippen molar-refractivity contribution in [3.63, 3.8) is 0 Å². The van der Waals surface area contributed by atoms with Gasteiger partial charge in [-0.15, -0.1) is 0 Å². The van der Waals surface area contributed by atoms with Crippen LogP contribution in [0.2, 0.25) is 0 Å². The lowest BCUT2D eigenvalue weighted by Gasteiger charge is -2.24. The van der Waals surface area contributed by atoms with Crippen LogP contribution in [0.1, 0.15) is 32.6 Å². The SMILES string of the molecule is CC1(CC(=O)N2CCCO[C@H](CF)C2)CC1. The van der Waals surface area contributed by atoms with Gasteiger partial charge in [0.15, 0.2) is 0 Å². The largest absolute Gasteiger partial charge is 0.374 e. The van der Waals surface area contributed by atoms with Crippen molar-refractivity contribution >= 4 is 5.91 Å². The first kappa shape index (κ1) is 11.8. The van der Waals surface area contributed by atoms with Crippen molar-refractivity contribution in [2.75, 3.05) is 26.4 Å². The third-order valence-corrected chi connectivity index (χ3v) is 3.56. The molecular weight excluding hydrogens is 209 g/mol. The van der Waals surface area contributed by atoms with Gasteiger partial charge in [-0.05, 0) is 24.7 Å². The summed E-state index contributed by atoms with van der Waals surface area (Å²) in [4.78, 5) is 13.8. The fourth-order valence-electron chi connectivity index (χ4n) is 2.08. The molecule has 2 aliphatic rings. The Hall–Kier alpha value is -0.640. The maximum Gasteiger partial charge on any atom is 0.223 e. The summed E-state index contributed by atoms with van der Waals surface area (Å²) in [7, 11) is 0. The number of nitrogens with zero attached hydrogens (tertiary/aromatic N) is 1. The van der Waals surface area contributed by atoms with Crippen molar-refractivity contribution in [1.29, 1.82) is 0 Å². The minimum absolute atomic E-state index is 0.170. The highest BCUT2D eigenvalue weighted by molar-refractivity contribution is 5.77. The van der Waals surface area contributed by atoms with Gasteiger partial charge in [0.1, 0.15) is 12.8 Å².